The predicted molar refractivity (Wildman–Crippen MR) is 86.6 cm³/mol. The van der Waals surface area contributed by atoms with Gasteiger partial charge in [-0.2, -0.15) is 0 Å². The molecular weight excluding hydrogens is 286 g/mol. The maximum atomic E-state index is 6.28. The number of nitrogens with two attached hydrogens (primary N) is 1. The van der Waals surface area contributed by atoms with Gasteiger partial charge in [-0.1, -0.05) is 29.8 Å². The molecule has 1 atom stereocenters. The second-order valence-corrected chi connectivity index (χ2v) is 5.57. The third-order valence-corrected chi connectivity index (χ3v) is 3.42. The van der Waals surface area contributed by atoms with E-state index in [9.17, 15) is 0 Å². The van der Waals surface area contributed by atoms with Crippen molar-refractivity contribution in [2.45, 2.75) is 26.3 Å². The Bertz CT molecular complexity index is 626. The van der Waals surface area contributed by atoms with Crippen LogP contribution in [0.4, 0.5) is 0 Å². The molecule has 1 unspecified atom stereocenters. The first-order valence-corrected chi connectivity index (χ1v) is 7.24. The quantitative estimate of drug-likeness (QED) is 0.893. The number of hydrogen-bond acceptors (Lipinski definition) is 3. The van der Waals surface area contributed by atoms with Crippen molar-refractivity contribution >= 4 is 11.6 Å². The Hall–Kier alpha value is -1.71. The number of halogens is 1. The van der Waals surface area contributed by atoms with Gasteiger partial charge in [0.2, 0.25) is 0 Å². The molecule has 3 nitrogen and oxygen atoms in total. The average Bonchev–Trinajstić information content (AvgIpc) is 2.43. The number of hydrogen-bond donors (Lipinski definition) is 1. The molecule has 0 aromatic heterocycles. The van der Waals surface area contributed by atoms with Crippen molar-refractivity contribution in [2.75, 3.05) is 7.11 Å². The highest BCUT2D eigenvalue weighted by atomic mass is 35.5. The first-order valence-electron chi connectivity index (χ1n) is 6.86. The number of ether oxygens (including phenoxy) is 2. The van der Waals surface area contributed by atoms with E-state index >= 15 is 0 Å². The molecule has 0 bridgehead atoms. The maximum Gasteiger partial charge on any atom is 0.169 e. The fourth-order valence-electron chi connectivity index (χ4n) is 2.14. The zero-order valence-corrected chi connectivity index (χ0v) is 13.3. The van der Waals surface area contributed by atoms with Crippen LogP contribution >= 0.6 is 11.6 Å². The van der Waals surface area contributed by atoms with E-state index in [1.807, 2.05) is 50.2 Å². The fourth-order valence-corrected chi connectivity index (χ4v) is 2.38. The van der Waals surface area contributed by atoms with Gasteiger partial charge in [-0.05, 0) is 49.6 Å². The second-order valence-electron chi connectivity index (χ2n) is 5.17. The molecule has 21 heavy (non-hydrogen) atoms. The van der Waals surface area contributed by atoms with Crippen molar-refractivity contribution in [1.82, 2.24) is 0 Å². The summed E-state index contributed by atoms with van der Waals surface area (Å²) in [7, 11) is 1.62. The summed E-state index contributed by atoms with van der Waals surface area (Å²) in [5.41, 5.74) is 7.98. The van der Waals surface area contributed by atoms with Crippen molar-refractivity contribution in [3.63, 3.8) is 0 Å². The Morgan fingerprint density at radius 1 is 1.19 bits per heavy atom. The zero-order chi connectivity index (χ0) is 15.4. The van der Waals surface area contributed by atoms with Crippen molar-refractivity contribution in [2.24, 2.45) is 5.73 Å². The molecule has 0 aliphatic rings. The highest BCUT2D eigenvalue weighted by Crippen LogP contribution is 2.38. The molecule has 0 fully saturated rings. The number of methoxy groups -OCH3 is 1. The summed E-state index contributed by atoms with van der Waals surface area (Å²) in [6.07, 6.45) is 0.698. The van der Waals surface area contributed by atoms with Crippen LogP contribution in [0.2, 0.25) is 5.02 Å². The molecule has 0 heterocycles. The Labute approximate surface area is 130 Å². The van der Waals surface area contributed by atoms with Gasteiger partial charge < -0.3 is 15.2 Å². The van der Waals surface area contributed by atoms with Crippen LogP contribution < -0.4 is 15.2 Å². The van der Waals surface area contributed by atoms with E-state index in [1.54, 1.807) is 7.11 Å². The first-order chi connectivity index (χ1) is 10.0. The minimum absolute atomic E-state index is 0.0331. The van der Waals surface area contributed by atoms with Crippen LogP contribution in [0.5, 0.6) is 17.2 Å². The Morgan fingerprint density at radius 3 is 2.62 bits per heavy atom. The summed E-state index contributed by atoms with van der Waals surface area (Å²) < 4.78 is 11.4. The molecule has 112 valence electrons. The van der Waals surface area contributed by atoms with E-state index in [1.165, 1.54) is 0 Å². The Morgan fingerprint density at radius 2 is 1.95 bits per heavy atom. The first kappa shape index (κ1) is 15.7. The van der Waals surface area contributed by atoms with Crippen LogP contribution in [0.1, 0.15) is 18.1 Å². The largest absolute Gasteiger partial charge is 0.493 e. The summed E-state index contributed by atoms with van der Waals surface area (Å²) in [6.45, 7) is 3.96. The zero-order valence-electron chi connectivity index (χ0n) is 12.5. The number of benzene rings is 2. The molecule has 2 N–H and O–H groups in total. The molecule has 2 aromatic rings. The van der Waals surface area contributed by atoms with E-state index in [-0.39, 0.29) is 6.04 Å². The standard InChI is InChI=1S/C17H20ClNO2/c1-11-7-8-15(16(9-11)20-3)21-17-13(10-12(2)19)5-4-6-14(17)18/h4-9,12H,10,19H2,1-3H3. The van der Waals surface area contributed by atoms with Crippen LogP contribution in [0.3, 0.4) is 0 Å². The van der Waals surface area contributed by atoms with Crippen LogP contribution in [-0.4, -0.2) is 13.2 Å². The number of rotatable bonds is 5. The van der Waals surface area contributed by atoms with Crippen LogP contribution in [-0.2, 0) is 6.42 Å². The smallest absolute Gasteiger partial charge is 0.169 e. The van der Waals surface area contributed by atoms with Gasteiger partial charge in [-0.3, -0.25) is 0 Å². The van der Waals surface area contributed by atoms with Crippen LogP contribution in [0, 0.1) is 6.92 Å². The molecular formula is C17H20ClNO2. The summed E-state index contributed by atoms with van der Waals surface area (Å²) in [5.74, 6) is 1.96. The minimum Gasteiger partial charge on any atom is -0.493 e. The molecule has 0 saturated heterocycles. The van der Waals surface area contributed by atoms with Gasteiger partial charge in [0.15, 0.2) is 11.5 Å². The van der Waals surface area contributed by atoms with Crippen molar-refractivity contribution < 1.29 is 9.47 Å². The third-order valence-electron chi connectivity index (χ3n) is 3.12. The summed E-state index contributed by atoms with van der Waals surface area (Å²) in [6, 6.07) is 11.5. The lowest BCUT2D eigenvalue weighted by Gasteiger charge is -2.16. The molecule has 0 saturated carbocycles. The van der Waals surface area contributed by atoms with Gasteiger partial charge in [0.25, 0.3) is 0 Å². The molecule has 0 radical (unpaired) electrons. The number of aryl methyl sites for hydroxylation is 1. The predicted octanol–water partition coefficient (Wildman–Crippen LogP) is 4.34. The highest BCUT2D eigenvalue weighted by Gasteiger charge is 2.13. The molecule has 0 aliphatic heterocycles. The SMILES string of the molecule is COc1cc(C)ccc1Oc1c(Cl)cccc1CC(C)N. The lowest BCUT2D eigenvalue weighted by atomic mass is 10.1. The minimum atomic E-state index is 0.0331. The molecule has 2 rings (SSSR count). The molecule has 4 heteroatoms. The van der Waals surface area contributed by atoms with Crippen molar-refractivity contribution in [1.29, 1.82) is 0 Å². The van der Waals surface area contributed by atoms with Gasteiger partial charge >= 0.3 is 0 Å². The van der Waals surface area contributed by atoms with Gasteiger partial charge in [-0.15, -0.1) is 0 Å². The van der Waals surface area contributed by atoms with E-state index in [2.05, 4.69) is 0 Å². The van der Waals surface area contributed by atoms with Gasteiger partial charge in [0.1, 0.15) is 5.75 Å². The Balaban J connectivity index is 2.39. The van der Waals surface area contributed by atoms with Crippen LogP contribution in [0.15, 0.2) is 36.4 Å². The molecule has 2 aromatic carbocycles. The molecule has 0 aliphatic carbocycles. The van der Waals surface area contributed by atoms with Crippen LogP contribution in [0.25, 0.3) is 0 Å². The van der Waals surface area contributed by atoms with E-state index < -0.39 is 0 Å². The fraction of sp³-hybridized carbons (Fsp3) is 0.294. The normalized spacial score (nSPS) is 12.0. The topological polar surface area (TPSA) is 44.5 Å². The summed E-state index contributed by atoms with van der Waals surface area (Å²) in [4.78, 5) is 0. The van der Waals surface area contributed by atoms with E-state index in [0.717, 1.165) is 11.1 Å². The second kappa shape index (κ2) is 6.83. The average molecular weight is 306 g/mol. The Kier molecular flexibility index (Phi) is 5.10. The van der Waals surface area contributed by atoms with Gasteiger partial charge in [0, 0.05) is 6.04 Å². The monoisotopic (exact) mass is 305 g/mol. The number of para-hydroxylation sites is 1. The summed E-state index contributed by atoms with van der Waals surface area (Å²) >= 11 is 6.28. The van der Waals surface area contributed by atoms with Crippen molar-refractivity contribution in [3.8, 4) is 17.2 Å². The van der Waals surface area contributed by atoms with E-state index in [4.69, 9.17) is 26.8 Å². The highest BCUT2D eigenvalue weighted by molar-refractivity contribution is 6.32. The maximum absolute atomic E-state index is 6.28. The summed E-state index contributed by atoms with van der Waals surface area (Å²) in [5, 5.41) is 0.566. The van der Waals surface area contributed by atoms with Gasteiger partial charge in [0.05, 0.1) is 12.1 Å². The van der Waals surface area contributed by atoms with E-state index in [0.29, 0.717) is 28.7 Å². The van der Waals surface area contributed by atoms with Crippen molar-refractivity contribution in [3.05, 3.63) is 52.5 Å². The third kappa shape index (κ3) is 3.90. The lowest BCUT2D eigenvalue weighted by Crippen LogP contribution is -2.18. The van der Waals surface area contributed by atoms with Gasteiger partial charge in [-0.25, -0.2) is 0 Å². The molecule has 0 spiro atoms. The lowest BCUT2D eigenvalue weighted by molar-refractivity contribution is 0.377. The molecule has 0 amide bonds.